The van der Waals surface area contributed by atoms with E-state index in [0.29, 0.717) is 18.9 Å². The van der Waals surface area contributed by atoms with Gasteiger partial charge in [0.2, 0.25) is 0 Å². The van der Waals surface area contributed by atoms with Crippen molar-refractivity contribution in [3.8, 4) is 5.75 Å². The number of pyridine rings is 1. The van der Waals surface area contributed by atoms with Gasteiger partial charge in [0.25, 0.3) is 11.2 Å². The average molecular weight is 433 g/mol. The molecule has 3 aromatic rings. The van der Waals surface area contributed by atoms with Crippen LogP contribution in [-0.4, -0.2) is 27.1 Å². The number of halogens is 6. The van der Waals surface area contributed by atoms with Gasteiger partial charge in [0.05, 0.1) is 5.52 Å². The highest BCUT2D eigenvalue weighted by Crippen LogP contribution is 2.53. The molecule has 3 rings (SSSR count). The van der Waals surface area contributed by atoms with Gasteiger partial charge in [-0.25, -0.2) is 0 Å². The number of aliphatic hydroxyl groups is 1. The summed E-state index contributed by atoms with van der Waals surface area (Å²) in [5.74, 6) is -1.38. The van der Waals surface area contributed by atoms with Gasteiger partial charge in [-0.05, 0) is 24.6 Å². The Morgan fingerprint density at radius 1 is 0.933 bits per heavy atom. The van der Waals surface area contributed by atoms with Gasteiger partial charge in [-0.3, -0.25) is 4.79 Å². The Kier molecular flexibility index (Phi) is 5.26. The van der Waals surface area contributed by atoms with Crippen molar-refractivity contribution in [1.29, 1.82) is 0 Å². The second kappa shape index (κ2) is 7.19. The van der Waals surface area contributed by atoms with Crippen molar-refractivity contribution in [2.75, 3.05) is 0 Å². The van der Waals surface area contributed by atoms with E-state index < -0.39 is 34.8 Å². The van der Waals surface area contributed by atoms with E-state index in [1.807, 2.05) is 6.92 Å². The Morgan fingerprint density at radius 3 is 2.03 bits per heavy atom. The number of aryl methyl sites for hydroxylation is 1. The largest absolute Gasteiger partial charge is 0.507 e. The summed E-state index contributed by atoms with van der Waals surface area (Å²) in [6.45, 7) is 1.99. The molecule has 0 radical (unpaired) electrons. The van der Waals surface area contributed by atoms with Gasteiger partial charge in [-0.15, -0.1) is 0 Å². The van der Waals surface area contributed by atoms with E-state index >= 15 is 0 Å². The van der Waals surface area contributed by atoms with Crippen molar-refractivity contribution in [2.45, 2.75) is 44.3 Å². The molecule has 2 aromatic carbocycles. The molecular weight excluding hydrogens is 416 g/mol. The van der Waals surface area contributed by atoms with Crippen LogP contribution in [0.2, 0.25) is 0 Å². The van der Waals surface area contributed by atoms with Crippen molar-refractivity contribution in [3.05, 3.63) is 52.3 Å². The molecule has 0 fully saturated rings. The average Bonchev–Trinajstić information content (AvgIpc) is 2.65. The number of hydrogen-bond acceptors (Lipinski definition) is 3. The molecule has 0 aliphatic heterocycles. The van der Waals surface area contributed by atoms with Crippen LogP contribution in [0.1, 0.15) is 25.3 Å². The number of rotatable bonds is 4. The lowest BCUT2D eigenvalue weighted by Gasteiger charge is -2.33. The minimum atomic E-state index is -6.15. The summed E-state index contributed by atoms with van der Waals surface area (Å²) < 4.78 is 81.3. The van der Waals surface area contributed by atoms with Crippen molar-refractivity contribution < 1.29 is 36.6 Å². The number of hydrogen-bond donors (Lipinski definition) is 2. The predicted octanol–water partition coefficient (Wildman–Crippen LogP) is 4.97. The minimum Gasteiger partial charge on any atom is -0.507 e. The van der Waals surface area contributed by atoms with E-state index in [9.17, 15) is 41.4 Å². The number of alkyl halides is 6. The Labute approximate surface area is 166 Å². The molecule has 0 bridgehead atoms. The highest BCUT2D eigenvalue weighted by atomic mass is 19.4. The van der Waals surface area contributed by atoms with E-state index in [4.69, 9.17) is 0 Å². The van der Waals surface area contributed by atoms with Crippen LogP contribution in [0.5, 0.6) is 5.75 Å². The monoisotopic (exact) mass is 433 g/mol. The number of phenols is 1. The molecule has 0 unspecified atom stereocenters. The zero-order chi connectivity index (χ0) is 22.5. The summed E-state index contributed by atoms with van der Waals surface area (Å²) >= 11 is 0. The molecule has 162 valence electrons. The quantitative estimate of drug-likeness (QED) is 0.451. The summed E-state index contributed by atoms with van der Waals surface area (Å²) in [4.78, 5) is 12.8. The fourth-order valence-corrected chi connectivity index (χ4v) is 3.51. The molecule has 0 saturated carbocycles. The van der Waals surface area contributed by atoms with E-state index in [1.54, 1.807) is 0 Å². The third kappa shape index (κ3) is 3.10. The van der Waals surface area contributed by atoms with Gasteiger partial charge in [0.15, 0.2) is 0 Å². The van der Waals surface area contributed by atoms with Crippen LogP contribution in [0.15, 0.2) is 41.2 Å². The molecule has 1 heterocycles. The number of fused-ring (bicyclic) bond motifs is 3. The van der Waals surface area contributed by atoms with E-state index in [-0.39, 0.29) is 28.2 Å². The van der Waals surface area contributed by atoms with Gasteiger partial charge >= 0.3 is 12.4 Å². The lowest BCUT2D eigenvalue weighted by molar-refractivity contribution is -0.376. The standard InChI is InChI=1S/C20H17F6NO3/c1-2-3-10-27-14-9-8-13(18(30,19(21,22)23)20(24,25)26)16(28)15(14)11-6-4-5-7-12(11)17(27)29/h4-9,28,30H,2-3,10H2,1H3. The van der Waals surface area contributed by atoms with E-state index in [0.717, 1.165) is 6.07 Å². The lowest BCUT2D eigenvalue weighted by atomic mass is 9.89. The first-order valence-electron chi connectivity index (χ1n) is 8.99. The molecule has 1 aromatic heterocycles. The number of unbranched alkanes of at least 4 members (excludes halogenated alkanes) is 1. The molecular formula is C20H17F6NO3. The molecule has 30 heavy (non-hydrogen) atoms. The van der Waals surface area contributed by atoms with E-state index in [2.05, 4.69) is 0 Å². The summed E-state index contributed by atoms with van der Waals surface area (Å²) in [5.41, 5.74) is -7.55. The first-order chi connectivity index (χ1) is 13.9. The normalized spacial score (nSPS) is 13.3. The van der Waals surface area contributed by atoms with Crippen LogP contribution < -0.4 is 5.56 Å². The van der Waals surface area contributed by atoms with Crippen molar-refractivity contribution >= 4 is 21.7 Å². The van der Waals surface area contributed by atoms with Crippen molar-refractivity contribution in [1.82, 2.24) is 4.57 Å². The van der Waals surface area contributed by atoms with Crippen LogP contribution in [-0.2, 0) is 12.1 Å². The zero-order valence-corrected chi connectivity index (χ0v) is 15.6. The first-order valence-corrected chi connectivity index (χ1v) is 8.99. The molecule has 2 N–H and O–H groups in total. The van der Waals surface area contributed by atoms with Crippen LogP contribution in [0, 0.1) is 0 Å². The summed E-state index contributed by atoms with van der Waals surface area (Å²) in [7, 11) is 0. The molecule has 0 atom stereocenters. The Morgan fingerprint density at radius 2 is 1.50 bits per heavy atom. The second-order valence-corrected chi connectivity index (χ2v) is 6.92. The topological polar surface area (TPSA) is 62.5 Å². The predicted molar refractivity (Wildman–Crippen MR) is 98.3 cm³/mol. The van der Waals surface area contributed by atoms with Gasteiger partial charge in [-0.2, -0.15) is 26.3 Å². The van der Waals surface area contributed by atoms with Crippen molar-refractivity contribution in [3.63, 3.8) is 0 Å². The zero-order valence-electron chi connectivity index (χ0n) is 15.6. The molecule has 0 aliphatic rings. The number of aromatic hydroxyl groups is 1. The summed E-state index contributed by atoms with van der Waals surface area (Å²) in [5, 5.41) is 20.0. The van der Waals surface area contributed by atoms with Gasteiger partial charge in [0, 0.05) is 28.3 Å². The smallest absolute Gasteiger partial charge is 0.430 e. The maximum Gasteiger partial charge on any atom is 0.430 e. The van der Waals surface area contributed by atoms with Crippen molar-refractivity contribution in [2.24, 2.45) is 0 Å². The minimum absolute atomic E-state index is 0.0173. The number of phenolic OH excluding ortho intramolecular Hbond substituents is 1. The molecule has 0 spiro atoms. The van der Waals surface area contributed by atoms with Crippen LogP contribution in [0.3, 0.4) is 0 Å². The Bertz CT molecular complexity index is 1150. The highest BCUT2D eigenvalue weighted by Gasteiger charge is 2.72. The first kappa shape index (κ1) is 21.9. The maximum absolute atomic E-state index is 13.4. The number of benzene rings is 2. The second-order valence-electron chi connectivity index (χ2n) is 6.92. The lowest BCUT2D eigenvalue weighted by Crippen LogP contribution is -2.54. The molecule has 0 aliphatic carbocycles. The fraction of sp³-hybridized carbons (Fsp3) is 0.350. The van der Waals surface area contributed by atoms with Crippen LogP contribution >= 0.6 is 0 Å². The van der Waals surface area contributed by atoms with Crippen LogP contribution in [0.4, 0.5) is 26.3 Å². The summed E-state index contributed by atoms with van der Waals surface area (Å²) in [6, 6.07) is 6.84. The Hall–Kier alpha value is -2.75. The van der Waals surface area contributed by atoms with Crippen LogP contribution in [0.25, 0.3) is 21.7 Å². The van der Waals surface area contributed by atoms with Gasteiger partial charge in [-0.1, -0.05) is 31.5 Å². The number of aromatic nitrogens is 1. The third-order valence-electron chi connectivity index (χ3n) is 5.06. The molecule has 0 amide bonds. The number of nitrogens with zero attached hydrogens (tertiary/aromatic N) is 1. The maximum atomic E-state index is 13.4. The van der Waals surface area contributed by atoms with Gasteiger partial charge in [0.1, 0.15) is 5.75 Å². The van der Waals surface area contributed by atoms with E-state index in [1.165, 1.54) is 28.8 Å². The third-order valence-corrected chi connectivity index (χ3v) is 5.06. The van der Waals surface area contributed by atoms with Gasteiger partial charge < -0.3 is 14.8 Å². The highest BCUT2D eigenvalue weighted by molar-refractivity contribution is 6.09. The molecule has 4 nitrogen and oxygen atoms in total. The summed E-state index contributed by atoms with van der Waals surface area (Å²) in [6.07, 6.45) is -11.1. The molecule has 10 heteroatoms. The Balaban J connectivity index is 2.51. The SMILES string of the molecule is CCCCn1c(=O)c2ccccc2c2c(O)c(C(O)(C(F)(F)F)C(F)(F)F)ccc21. The fourth-order valence-electron chi connectivity index (χ4n) is 3.51. The molecule has 0 saturated heterocycles.